The van der Waals surface area contributed by atoms with E-state index in [-0.39, 0.29) is 17.4 Å². The zero-order valence-electron chi connectivity index (χ0n) is 18.3. The molecule has 6 nitrogen and oxygen atoms in total. The fraction of sp³-hybridized carbons (Fsp3) is 0.727. The zero-order chi connectivity index (χ0) is 21.4. The van der Waals surface area contributed by atoms with Crippen LogP contribution >= 0.6 is 0 Å². The van der Waals surface area contributed by atoms with Gasteiger partial charge in [0.05, 0.1) is 0 Å². The van der Waals surface area contributed by atoms with E-state index < -0.39 is 23.6 Å². The van der Waals surface area contributed by atoms with E-state index in [2.05, 4.69) is 0 Å². The predicted molar refractivity (Wildman–Crippen MR) is 109 cm³/mol. The van der Waals surface area contributed by atoms with Gasteiger partial charge in [-0.05, 0) is 39.5 Å². The molecular formula is C22H36N2O4. The first kappa shape index (κ1) is 24.1. The molecule has 0 radical (unpaired) electrons. The van der Waals surface area contributed by atoms with E-state index in [0.29, 0.717) is 31.3 Å². The molecule has 158 valence electrons. The standard InChI is InChI=1S/C22H36N2O4/c1-7-11-13-16(9-3)19(25)23-21(27)18(15(5)6)22(28)24(23)20(26)17(10-4)14-12-8-2/h16-17H,7-14H2,1-6H3. The van der Waals surface area contributed by atoms with Crippen molar-refractivity contribution in [2.24, 2.45) is 11.8 Å². The number of hydrogen-bond donors (Lipinski definition) is 0. The van der Waals surface area contributed by atoms with E-state index in [1.165, 1.54) is 0 Å². The lowest BCUT2D eigenvalue weighted by Crippen LogP contribution is -2.52. The highest BCUT2D eigenvalue weighted by molar-refractivity contribution is 6.30. The number of hydrazine groups is 1. The Bertz CT molecular complexity index is 586. The van der Waals surface area contributed by atoms with Crippen LogP contribution in [-0.2, 0) is 19.2 Å². The lowest BCUT2D eigenvalue weighted by molar-refractivity contribution is -0.174. The minimum absolute atomic E-state index is 0.0580. The van der Waals surface area contributed by atoms with Gasteiger partial charge in [-0.3, -0.25) is 19.2 Å². The van der Waals surface area contributed by atoms with Crippen molar-refractivity contribution in [2.75, 3.05) is 0 Å². The topological polar surface area (TPSA) is 74.8 Å². The smallest absolute Gasteiger partial charge is 0.272 e. The van der Waals surface area contributed by atoms with Gasteiger partial charge in [-0.15, -0.1) is 0 Å². The number of nitrogens with zero attached hydrogens (tertiary/aromatic N) is 2. The van der Waals surface area contributed by atoms with E-state index in [0.717, 1.165) is 35.7 Å². The monoisotopic (exact) mass is 392 g/mol. The summed E-state index contributed by atoms with van der Waals surface area (Å²) in [7, 11) is 0. The molecule has 0 aliphatic carbocycles. The van der Waals surface area contributed by atoms with Crippen molar-refractivity contribution in [3.05, 3.63) is 11.1 Å². The highest BCUT2D eigenvalue weighted by Gasteiger charge is 2.50. The number of amides is 4. The highest BCUT2D eigenvalue weighted by Crippen LogP contribution is 2.29. The Morgan fingerprint density at radius 1 is 0.750 bits per heavy atom. The molecule has 0 aromatic rings. The fourth-order valence-electron chi connectivity index (χ4n) is 3.56. The summed E-state index contributed by atoms with van der Waals surface area (Å²) in [4.78, 5) is 52.3. The second-order valence-electron chi connectivity index (χ2n) is 7.78. The van der Waals surface area contributed by atoms with Crippen LogP contribution in [0.2, 0.25) is 0 Å². The van der Waals surface area contributed by atoms with Gasteiger partial charge in [0.1, 0.15) is 5.57 Å². The average Bonchev–Trinajstić information content (AvgIpc) is 2.92. The van der Waals surface area contributed by atoms with Crippen LogP contribution in [0.5, 0.6) is 0 Å². The molecule has 1 aliphatic heterocycles. The van der Waals surface area contributed by atoms with Crippen LogP contribution in [0.1, 0.15) is 92.9 Å². The first-order valence-corrected chi connectivity index (χ1v) is 10.7. The average molecular weight is 393 g/mol. The van der Waals surface area contributed by atoms with Crippen molar-refractivity contribution in [3.63, 3.8) is 0 Å². The summed E-state index contributed by atoms with van der Waals surface area (Å²) in [6.07, 6.45) is 6.01. The molecule has 0 aromatic heterocycles. The molecule has 6 heteroatoms. The Labute approximate surface area is 169 Å². The molecule has 2 unspecified atom stereocenters. The molecule has 28 heavy (non-hydrogen) atoms. The van der Waals surface area contributed by atoms with Crippen LogP contribution in [0, 0.1) is 11.8 Å². The molecule has 1 saturated heterocycles. The third kappa shape index (κ3) is 5.09. The maximum absolute atomic E-state index is 13.2. The van der Waals surface area contributed by atoms with Gasteiger partial charge in [0.2, 0.25) is 0 Å². The number of hydrogen-bond acceptors (Lipinski definition) is 4. The van der Waals surface area contributed by atoms with Crippen LogP contribution < -0.4 is 0 Å². The summed E-state index contributed by atoms with van der Waals surface area (Å²) in [5, 5.41) is 1.68. The highest BCUT2D eigenvalue weighted by atomic mass is 16.2. The SMILES string of the molecule is CCCCC(CC)C(=O)N1C(=O)C(=C(C)C)C(=O)N1C(=O)C(CC)CCCC. The molecule has 0 aromatic carbocycles. The summed E-state index contributed by atoms with van der Waals surface area (Å²) in [6, 6.07) is 0. The second kappa shape index (κ2) is 11.1. The zero-order valence-corrected chi connectivity index (χ0v) is 18.3. The molecule has 2 atom stereocenters. The molecule has 1 heterocycles. The Balaban J connectivity index is 3.33. The van der Waals surface area contributed by atoms with E-state index >= 15 is 0 Å². The van der Waals surface area contributed by atoms with Crippen molar-refractivity contribution in [1.82, 2.24) is 10.0 Å². The molecule has 4 amide bonds. The quantitative estimate of drug-likeness (QED) is 0.408. The molecule has 1 aliphatic rings. The van der Waals surface area contributed by atoms with Crippen molar-refractivity contribution < 1.29 is 19.2 Å². The lowest BCUT2D eigenvalue weighted by atomic mass is 9.97. The van der Waals surface area contributed by atoms with E-state index in [1.807, 2.05) is 27.7 Å². The summed E-state index contributed by atoms with van der Waals surface area (Å²) in [5.74, 6) is -2.96. The van der Waals surface area contributed by atoms with E-state index in [9.17, 15) is 19.2 Å². The van der Waals surface area contributed by atoms with Gasteiger partial charge in [0.15, 0.2) is 0 Å². The summed E-state index contributed by atoms with van der Waals surface area (Å²) in [5.41, 5.74) is 0.462. The Morgan fingerprint density at radius 2 is 1.11 bits per heavy atom. The molecule has 1 fully saturated rings. The maximum atomic E-state index is 13.2. The summed E-state index contributed by atoms with van der Waals surface area (Å²) in [6.45, 7) is 11.2. The minimum Gasteiger partial charge on any atom is -0.272 e. The van der Waals surface area contributed by atoms with E-state index in [1.54, 1.807) is 13.8 Å². The maximum Gasteiger partial charge on any atom is 0.285 e. The fourth-order valence-corrected chi connectivity index (χ4v) is 3.56. The summed E-state index contributed by atoms with van der Waals surface area (Å²) >= 11 is 0. The van der Waals surface area contributed by atoms with Crippen molar-refractivity contribution in [2.45, 2.75) is 92.9 Å². The first-order chi connectivity index (χ1) is 13.3. The second-order valence-corrected chi connectivity index (χ2v) is 7.78. The molecule has 0 spiro atoms. The van der Waals surface area contributed by atoms with Gasteiger partial charge in [0.25, 0.3) is 23.6 Å². The number of allylic oxidation sites excluding steroid dienone is 1. The van der Waals surface area contributed by atoms with Gasteiger partial charge in [-0.1, -0.05) is 59.0 Å². The van der Waals surface area contributed by atoms with Crippen molar-refractivity contribution >= 4 is 23.6 Å². The molecule has 1 rings (SSSR count). The third-order valence-electron chi connectivity index (χ3n) is 5.43. The van der Waals surface area contributed by atoms with Crippen molar-refractivity contribution in [1.29, 1.82) is 0 Å². The Hall–Kier alpha value is -1.98. The first-order valence-electron chi connectivity index (χ1n) is 10.7. The number of carbonyl (C=O) groups is 4. The number of rotatable bonds is 10. The van der Waals surface area contributed by atoms with Gasteiger partial charge in [-0.2, -0.15) is 10.0 Å². The van der Waals surface area contributed by atoms with Crippen LogP contribution in [0.25, 0.3) is 0 Å². The molecule has 0 N–H and O–H groups in total. The van der Waals surface area contributed by atoms with E-state index in [4.69, 9.17) is 0 Å². The normalized spacial score (nSPS) is 16.6. The lowest BCUT2D eigenvalue weighted by Gasteiger charge is -2.29. The van der Waals surface area contributed by atoms with Crippen molar-refractivity contribution in [3.8, 4) is 0 Å². The largest absolute Gasteiger partial charge is 0.285 e. The number of unbranched alkanes of at least 4 members (excludes halogenated alkanes) is 2. The Kier molecular flexibility index (Phi) is 9.56. The van der Waals surface area contributed by atoms with Crippen LogP contribution in [-0.4, -0.2) is 33.6 Å². The van der Waals surface area contributed by atoms with Gasteiger partial charge in [0, 0.05) is 11.8 Å². The third-order valence-corrected chi connectivity index (χ3v) is 5.43. The Morgan fingerprint density at radius 3 is 1.36 bits per heavy atom. The minimum atomic E-state index is -0.663. The van der Waals surface area contributed by atoms with Gasteiger partial charge in [-0.25, -0.2) is 0 Å². The predicted octanol–water partition coefficient (Wildman–Crippen LogP) is 4.39. The van der Waals surface area contributed by atoms with Gasteiger partial charge >= 0.3 is 0 Å². The molecular weight excluding hydrogens is 356 g/mol. The molecule has 0 bridgehead atoms. The molecule has 0 saturated carbocycles. The number of carbonyl (C=O) groups excluding carboxylic acids is 4. The van der Waals surface area contributed by atoms with Crippen LogP contribution in [0.15, 0.2) is 11.1 Å². The number of imide groups is 2. The van der Waals surface area contributed by atoms with Gasteiger partial charge < -0.3 is 0 Å². The van der Waals surface area contributed by atoms with Crippen LogP contribution in [0.3, 0.4) is 0 Å². The van der Waals surface area contributed by atoms with Crippen LogP contribution in [0.4, 0.5) is 0 Å². The summed E-state index contributed by atoms with van der Waals surface area (Å²) < 4.78 is 0.